The van der Waals surface area contributed by atoms with E-state index in [1.165, 1.54) is 53.3 Å². The van der Waals surface area contributed by atoms with Crippen LogP contribution in [0, 0.1) is 10.7 Å². The van der Waals surface area contributed by atoms with Crippen molar-refractivity contribution >= 4 is 41.6 Å². The number of aromatic nitrogens is 1. The molecule has 38 heavy (non-hydrogen) atoms. The third kappa shape index (κ3) is 3.30. The van der Waals surface area contributed by atoms with Crippen molar-refractivity contribution in [1.29, 1.82) is 0 Å². The van der Waals surface area contributed by atoms with Gasteiger partial charge in [-0.2, -0.15) is 0 Å². The third-order valence-corrected chi connectivity index (χ3v) is 13.7. The molecule has 1 nitrogen and oxygen atoms in total. The molecule has 0 aliphatic carbocycles. The average Bonchev–Trinajstić information content (AvgIpc) is 3.51. The van der Waals surface area contributed by atoms with Gasteiger partial charge in [0, 0.05) is 0 Å². The van der Waals surface area contributed by atoms with Crippen molar-refractivity contribution in [2.24, 2.45) is 0 Å². The first-order valence-electron chi connectivity index (χ1n) is 12.9. The van der Waals surface area contributed by atoms with E-state index in [9.17, 15) is 0 Å². The molecule has 0 atom stereocenters. The van der Waals surface area contributed by atoms with Gasteiger partial charge in [0.25, 0.3) is 0 Å². The molecule has 0 spiro atoms. The van der Waals surface area contributed by atoms with E-state index in [1.54, 1.807) is 7.14 Å². The van der Waals surface area contributed by atoms with Crippen molar-refractivity contribution in [3.05, 3.63) is 156 Å². The van der Waals surface area contributed by atoms with E-state index in [0.717, 1.165) is 0 Å². The molecule has 0 saturated heterocycles. The molecule has 0 bridgehead atoms. The van der Waals surface area contributed by atoms with Crippen LogP contribution in [0.2, 0.25) is 0 Å². The SMILES string of the molecule is c1ccc2c(c1)-c1ccccc1I2c1ccc(-c2ccc(-n3c4ccccc4c4ccccc43)cc2)cc1. The van der Waals surface area contributed by atoms with Gasteiger partial charge >= 0.3 is 218 Å². The number of halogens is 1. The van der Waals surface area contributed by atoms with E-state index in [1.807, 2.05) is 0 Å². The first-order chi connectivity index (χ1) is 18.9. The predicted octanol–water partition coefficient (Wildman–Crippen LogP) is 9.85. The van der Waals surface area contributed by atoms with Crippen LogP contribution in [-0.4, -0.2) is 4.57 Å². The summed E-state index contributed by atoms with van der Waals surface area (Å²) >= 11 is -1.66. The molecule has 2 heteroatoms. The van der Waals surface area contributed by atoms with E-state index >= 15 is 0 Å². The second kappa shape index (κ2) is 8.71. The Labute approximate surface area is 229 Å². The summed E-state index contributed by atoms with van der Waals surface area (Å²) in [4.78, 5) is 0. The van der Waals surface area contributed by atoms with Gasteiger partial charge in [-0.25, -0.2) is 0 Å². The van der Waals surface area contributed by atoms with Gasteiger partial charge in [0.15, 0.2) is 0 Å². The number of rotatable bonds is 3. The third-order valence-electron chi connectivity index (χ3n) is 7.55. The molecule has 1 aliphatic heterocycles. The summed E-state index contributed by atoms with van der Waals surface area (Å²) in [6.07, 6.45) is 0. The van der Waals surface area contributed by atoms with Crippen LogP contribution in [0.3, 0.4) is 0 Å². The zero-order valence-electron chi connectivity index (χ0n) is 20.7. The van der Waals surface area contributed by atoms with Crippen LogP contribution in [0.25, 0.3) is 49.7 Å². The van der Waals surface area contributed by atoms with E-state index in [4.69, 9.17) is 0 Å². The summed E-state index contributed by atoms with van der Waals surface area (Å²) in [6, 6.07) is 53.8. The molecule has 8 rings (SSSR count). The number of nitrogens with zero attached hydrogens (tertiary/aromatic N) is 1. The van der Waals surface area contributed by atoms with Crippen molar-refractivity contribution in [2.75, 3.05) is 0 Å². The predicted molar refractivity (Wildman–Crippen MR) is 168 cm³/mol. The van der Waals surface area contributed by atoms with Gasteiger partial charge in [-0.3, -0.25) is 0 Å². The Morgan fingerprint density at radius 2 is 0.842 bits per heavy atom. The molecule has 6 aromatic carbocycles. The van der Waals surface area contributed by atoms with Crippen molar-refractivity contribution in [2.45, 2.75) is 0 Å². The zero-order chi connectivity index (χ0) is 25.1. The summed E-state index contributed by atoms with van der Waals surface area (Å²) < 4.78 is 6.98. The fraction of sp³-hybridized carbons (Fsp3) is 0. The average molecular weight is 597 g/mol. The van der Waals surface area contributed by atoms with Crippen molar-refractivity contribution in [3.63, 3.8) is 0 Å². The van der Waals surface area contributed by atoms with E-state index in [2.05, 4.69) is 150 Å². The Kier molecular flexibility index (Phi) is 5.02. The Hall–Kier alpha value is -4.15. The Morgan fingerprint density at radius 3 is 1.39 bits per heavy atom. The molecule has 0 radical (unpaired) electrons. The quantitative estimate of drug-likeness (QED) is 0.179. The summed E-state index contributed by atoms with van der Waals surface area (Å²) in [5.74, 6) is 0. The summed E-state index contributed by atoms with van der Waals surface area (Å²) in [5, 5.41) is 2.59. The summed E-state index contributed by atoms with van der Waals surface area (Å²) in [6.45, 7) is 0. The number of fused-ring (bicyclic) bond motifs is 6. The molecule has 0 fully saturated rings. The maximum absolute atomic E-state index is 2.37. The van der Waals surface area contributed by atoms with Crippen LogP contribution < -0.4 is 0 Å². The molecular weight excluding hydrogens is 573 g/mol. The molecule has 1 aliphatic rings. The molecule has 180 valence electrons. The molecule has 0 N–H and O–H groups in total. The number of benzene rings is 6. The van der Waals surface area contributed by atoms with E-state index in [-0.39, 0.29) is 0 Å². The standard InChI is InChI=1S/C36H24IN/c1-5-13-33-29(9-1)30-10-2-6-14-34(30)37(33)27-21-17-25(18-22-27)26-19-23-28(24-20-26)38-35-15-7-3-11-31(35)32-12-4-8-16-36(32)38/h1-24H. The van der Waals surface area contributed by atoms with Crippen LogP contribution in [0.5, 0.6) is 0 Å². The van der Waals surface area contributed by atoms with Gasteiger partial charge in [-0.1, -0.05) is 12.1 Å². The Balaban J connectivity index is 1.16. The number of para-hydroxylation sites is 2. The maximum atomic E-state index is 2.37. The van der Waals surface area contributed by atoms with Crippen molar-refractivity contribution < 1.29 is 0 Å². The Bertz CT molecular complexity index is 1860. The molecule has 0 unspecified atom stereocenters. The van der Waals surface area contributed by atoms with Crippen molar-refractivity contribution in [3.8, 4) is 27.9 Å². The van der Waals surface area contributed by atoms with Gasteiger partial charge in [0.1, 0.15) is 0 Å². The van der Waals surface area contributed by atoms with Gasteiger partial charge in [-0.05, 0) is 0 Å². The van der Waals surface area contributed by atoms with Crippen molar-refractivity contribution in [1.82, 2.24) is 4.57 Å². The van der Waals surface area contributed by atoms with Crippen LogP contribution in [-0.2, 0) is 0 Å². The fourth-order valence-corrected chi connectivity index (χ4v) is 12.1. The Morgan fingerprint density at radius 1 is 0.395 bits per heavy atom. The van der Waals surface area contributed by atoms with Crippen LogP contribution in [0.15, 0.2) is 146 Å². The minimum atomic E-state index is -1.66. The number of hydrogen-bond donors (Lipinski definition) is 0. The topological polar surface area (TPSA) is 4.93 Å². The molecule has 2 heterocycles. The van der Waals surface area contributed by atoms with Crippen LogP contribution in [0.1, 0.15) is 0 Å². The summed E-state index contributed by atoms with van der Waals surface area (Å²) in [5.41, 5.74) is 9.05. The molecule has 7 aromatic rings. The van der Waals surface area contributed by atoms with E-state index in [0.29, 0.717) is 0 Å². The zero-order valence-corrected chi connectivity index (χ0v) is 22.8. The monoisotopic (exact) mass is 597 g/mol. The summed E-state index contributed by atoms with van der Waals surface area (Å²) in [7, 11) is 0. The first-order valence-corrected chi connectivity index (χ1v) is 16.2. The first kappa shape index (κ1) is 21.9. The van der Waals surface area contributed by atoms with Gasteiger partial charge in [-0.15, -0.1) is 0 Å². The normalized spacial score (nSPS) is 13.1. The van der Waals surface area contributed by atoms with Gasteiger partial charge in [0.05, 0.1) is 0 Å². The molecular formula is C36H24IN. The molecule has 1 aromatic heterocycles. The van der Waals surface area contributed by atoms with Crippen LogP contribution in [0.4, 0.5) is 0 Å². The molecule has 0 saturated carbocycles. The number of hydrogen-bond acceptors (Lipinski definition) is 0. The second-order valence-corrected chi connectivity index (χ2v) is 14.9. The second-order valence-electron chi connectivity index (χ2n) is 9.67. The van der Waals surface area contributed by atoms with E-state index < -0.39 is 19.8 Å². The van der Waals surface area contributed by atoms with Gasteiger partial charge in [0.2, 0.25) is 0 Å². The fourth-order valence-electron chi connectivity index (χ4n) is 5.81. The molecule has 0 amide bonds. The van der Waals surface area contributed by atoms with Crippen LogP contribution >= 0.6 is 19.8 Å². The van der Waals surface area contributed by atoms with Gasteiger partial charge < -0.3 is 0 Å². The minimum absolute atomic E-state index is 1.19.